The Kier molecular flexibility index (Phi) is 5.08. The highest BCUT2D eigenvalue weighted by Gasteiger charge is 2.69. The van der Waals surface area contributed by atoms with Gasteiger partial charge in [-0.2, -0.15) is 0 Å². The van der Waals surface area contributed by atoms with E-state index in [0.29, 0.717) is 6.42 Å². The van der Waals surface area contributed by atoms with Crippen molar-refractivity contribution in [2.75, 3.05) is 6.61 Å². The molecular formula is C24H34O6. The molecule has 2 fully saturated rings. The smallest absolute Gasteiger partial charge is 0.302 e. The van der Waals surface area contributed by atoms with Gasteiger partial charge in [-0.15, -0.1) is 0 Å². The van der Waals surface area contributed by atoms with Gasteiger partial charge in [0, 0.05) is 43.4 Å². The van der Waals surface area contributed by atoms with E-state index in [2.05, 4.69) is 13.8 Å². The third-order valence-electron chi connectivity index (χ3n) is 8.74. The standard InChI is InChI=1S/C24H34O6/c1-14-17-7-10-28-19(17)11-18-21(14)20(30-16(3)26)12-24(27)22(4,13-29-15(2)25)8-6-9-23(18,24)5/h7,10,14,18,20-21,27H,6,8-9,11-13H2,1-5H3. The summed E-state index contributed by atoms with van der Waals surface area (Å²) in [5.74, 6) is 0.692. The van der Waals surface area contributed by atoms with Crippen LogP contribution in [0.15, 0.2) is 16.7 Å². The van der Waals surface area contributed by atoms with E-state index in [0.717, 1.165) is 31.4 Å². The molecule has 3 aliphatic carbocycles. The van der Waals surface area contributed by atoms with Gasteiger partial charge in [0.05, 0.1) is 18.5 Å². The van der Waals surface area contributed by atoms with Gasteiger partial charge in [0.1, 0.15) is 11.9 Å². The van der Waals surface area contributed by atoms with Crippen LogP contribution in [-0.4, -0.2) is 35.4 Å². The largest absolute Gasteiger partial charge is 0.469 e. The van der Waals surface area contributed by atoms with E-state index in [1.54, 1.807) is 6.26 Å². The van der Waals surface area contributed by atoms with E-state index in [4.69, 9.17) is 13.9 Å². The minimum absolute atomic E-state index is 0.103. The monoisotopic (exact) mass is 418 g/mol. The average Bonchev–Trinajstić information content (AvgIpc) is 3.12. The molecule has 6 heteroatoms. The normalized spacial score (nSPS) is 42.5. The van der Waals surface area contributed by atoms with E-state index in [1.165, 1.54) is 19.4 Å². The van der Waals surface area contributed by atoms with Crippen LogP contribution < -0.4 is 0 Å². The van der Waals surface area contributed by atoms with Crippen LogP contribution in [0, 0.1) is 22.7 Å². The third kappa shape index (κ3) is 2.94. The minimum Gasteiger partial charge on any atom is -0.469 e. The van der Waals surface area contributed by atoms with Crippen molar-refractivity contribution in [1.29, 1.82) is 0 Å². The first kappa shape index (κ1) is 21.4. The van der Waals surface area contributed by atoms with Gasteiger partial charge >= 0.3 is 11.9 Å². The molecule has 0 aliphatic heterocycles. The van der Waals surface area contributed by atoms with Gasteiger partial charge in [0.25, 0.3) is 0 Å². The number of esters is 2. The van der Waals surface area contributed by atoms with Crippen molar-refractivity contribution in [2.45, 2.75) is 84.3 Å². The first-order chi connectivity index (χ1) is 14.0. The quantitative estimate of drug-likeness (QED) is 0.747. The lowest BCUT2D eigenvalue weighted by Crippen LogP contribution is -2.71. The van der Waals surface area contributed by atoms with E-state index in [-0.39, 0.29) is 36.3 Å². The maximum absolute atomic E-state index is 12.4. The first-order valence-electron chi connectivity index (χ1n) is 11.1. The van der Waals surface area contributed by atoms with Crippen molar-refractivity contribution >= 4 is 11.9 Å². The number of hydrogen-bond acceptors (Lipinski definition) is 6. The number of rotatable bonds is 3. The molecule has 3 aliphatic rings. The summed E-state index contributed by atoms with van der Waals surface area (Å²) in [5.41, 5.74) is -0.957. The first-order valence-corrected chi connectivity index (χ1v) is 11.1. The Morgan fingerprint density at radius 1 is 1.23 bits per heavy atom. The molecule has 1 N–H and O–H groups in total. The Hall–Kier alpha value is -1.82. The Morgan fingerprint density at radius 2 is 1.97 bits per heavy atom. The molecule has 1 aromatic heterocycles. The fourth-order valence-electron chi connectivity index (χ4n) is 7.18. The molecule has 0 aromatic carbocycles. The molecule has 1 heterocycles. The molecule has 7 unspecified atom stereocenters. The number of fused-ring (bicyclic) bond motifs is 4. The summed E-state index contributed by atoms with van der Waals surface area (Å²) in [4.78, 5) is 23.6. The highest BCUT2D eigenvalue weighted by Crippen LogP contribution is 2.67. The van der Waals surface area contributed by atoms with Gasteiger partial charge in [-0.05, 0) is 36.3 Å². The van der Waals surface area contributed by atoms with Crippen molar-refractivity contribution in [2.24, 2.45) is 22.7 Å². The van der Waals surface area contributed by atoms with Crippen LogP contribution in [0.25, 0.3) is 0 Å². The van der Waals surface area contributed by atoms with Crippen LogP contribution in [0.4, 0.5) is 0 Å². The third-order valence-corrected chi connectivity index (χ3v) is 8.74. The fraction of sp³-hybridized carbons (Fsp3) is 0.750. The van der Waals surface area contributed by atoms with Crippen LogP contribution in [-0.2, 0) is 25.5 Å². The van der Waals surface area contributed by atoms with Gasteiger partial charge in [0.2, 0.25) is 0 Å². The van der Waals surface area contributed by atoms with Crippen LogP contribution in [0.1, 0.15) is 77.5 Å². The molecule has 0 radical (unpaired) electrons. The second-order valence-corrected chi connectivity index (χ2v) is 10.3. The summed E-state index contributed by atoms with van der Waals surface area (Å²) in [6, 6.07) is 2.02. The predicted octanol–water partition coefficient (Wildman–Crippen LogP) is 4.00. The highest BCUT2D eigenvalue weighted by atomic mass is 16.5. The Balaban J connectivity index is 1.81. The van der Waals surface area contributed by atoms with E-state index in [1.807, 2.05) is 13.0 Å². The van der Waals surface area contributed by atoms with Gasteiger partial charge < -0.3 is 19.0 Å². The molecule has 7 atom stereocenters. The molecule has 1 aromatic rings. The molecule has 2 saturated carbocycles. The highest BCUT2D eigenvalue weighted by molar-refractivity contribution is 5.66. The number of aliphatic hydroxyl groups is 1. The molecule has 0 amide bonds. The van der Waals surface area contributed by atoms with Gasteiger partial charge in [-0.3, -0.25) is 9.59 Å². The van der Waals surface area contributed by atoms with Crippen molar-refractivity contribution in [3.05, 3.63) is 23.7 Å². The minimum atomic E-state index is -1.13. The zero-order valence-electron chi connectivity index (χ0n) is 18.7. The number of ether oxygens (including phenoxy) is 2. The van der Waals surface area contributed by atoms with Crippen LogP contribution in [0.2, 0.25) is 0 Å². The van der Waals surface area contributed by atoms with E-state index < -0.39 is 22.5 Å². The zero-order valence-corrected chi connectivity index (χ0v) is 18.7. The second kappa shape index (κ2) is 7.11. The summed E-state index contributed by atoms with van der Waals surface area (Å²) in [5, 5.41) is 12.4. The van der Waals surface area contributed by atoms with Crippen molar-refractivity contribution < 1.29 is 28.6 Å². The molecule has 0 saturated heterocycles. The Morgan fingerprint density at radius 3 is 2.63 bits per heavy atom. The lowest BCUT2D eigenvalue weighted by Gasteiger charge is -2.67. The van der Waals surface area contributed by atoms with Gasteiger partial charge in [0.15, 0.2) is 0 Å². The topological polar surface area (TPSA) is 86.0 Å². The molecule has 4 rings (SSSR count). The molecule has 0 spiro atoms. The molecule has 0 bridgehead atoms. The van der Waals surface area contributed by atoms with Crippen LogP contribution >= 0.6 is 0 Å². The summed E-state index contributed by atoms with van der Waals surface area (Å²) in [7, 11) is 0. The molecule has 6 nitrogen and oxygen atoms in total. The summed E-state index contributed by atoms with van der Waals surface area (Å²) < 4.78 is 17.1. The Bertz CT molecular complexity index is 845. The van der Waals surface area contributed by atoms with Crippen LogP contribution in [0.3, 0.4) is 0 Å². The SMILES string of the molecule is CC(=O)OCC1(C)CCCC2(C)C3Cc4occc4C(C)C3C(OC(C)=O)CC12O. The zero-order chi connectivity index (χ0) is 21.9. The number of carbonyl (C=O) groups is 2. The average molecular weight is 419 g/mol. The van der Waals surface area contributed by atoms with Crippen molar-refractivity contribution in [3.63, 3.8) is 0 Å². The van der Waals surface area contributed by atoms with Gasteiger partial charge in [-0.1, -0.05) is 27.2 Å². The summed E-state index contributed by atoms with van der Waals surface area (Å²) in [6.07, 6.45) is 5.03. The number of carbonyl (C=O) groups excluding carboxylic acids is 2. The lowest BCUT2D eigenvalue weighted by atomic mass is 9.40. The number of hydrogen-bond donors (Lipinski definition) is 1. The maximum atomic E-state index is 12.4. The summed E-state index contributed by atoms with van der Waals surface area (Å²) in [6.45, 7) is 9.37. The van der Waals surface area contributed by atoms with Crippen molar-refractivity contribution in [3.8, 4) is 0 Å². The van der Waals surface area contributed by atoms with Gasteiger partial charge in [-0.25, -0.2) is 0 Å². The molecule has 166 valence electrons. The number of furan rings is 1. The predicted molar refractivity (Wildman–Crippen MR) is 110 cm³/mol. The summed E-state index contributed by atoms with van der Waals surface area (Å²) >= 11 is 0. The Labute approximate surface area is 178 Å². The maximum Gasteiger partial charge on any atom is 0.302 e. The van der Waals surface area contributed by atoms with Crippen molar-refractivity contribution in [1.82, 2.24) is 0 Å². The second-order valence-electron chi connectivity index (χ2n) is 10.3. The van der Waals surface area contributed by atoms with Crippen LogP contribution in [0.5, 0.6) is 0 Å². The fourth-order valence-corrected chi connectivity index (χ4v) is 7.18. The van der Waals surface area contributed by atoms with E-state index >= 15 is 0 Å². The van der Waals surface area contributed by atoms with E-state index in [9.17, 15) is 14.7 Å². The lowest BCUT2D eigenvalue weighted by molar-refractivity contribution is -0.277. The molecule has 30 heavy (non-hydrogen) atoms. The molecular weight excluding hydrogens is 384 g/mol.